The van der Waals surface area contributed by atoms with E-state index in [4.69, 9.17) is 26.8 Å². The molecule has 0 aliphatic carbocycles. The molecule has 0 radical (unpaired) electrons. The SMILES string of the molecule is COc1cc(Cl)cc(CC(CN)c2cccs2)c1OC. The second-order valence-electron chi connectivity index (χ2n) is 4.45. The predicted molar refractivity (Wildman–Crippen MR) is 84.4 cm³/mol. The van der Waals surface area contributed by atoms with E-state index in [1.807, 2.05) is 12.1 Å². The first kappa shape index (κ1) is 15.2. The summed E-state index contributed by atoms with van der Waals surface area (Å²) in [6.45, 7) is 0.582. The molecule has 1 atom stereocenters. The average molecular weight is 312 g/mol. The Hall–Kier alpha value is -1.23. The van der Waals surface area contributed by atoms with Gasteiger partial charge in [-0.3, -0.25) is 0 Å². The summed E-state index contributed by atoms with van der Waals surface area (Å²) in [7, 11) is 3.25. The minimum Gasteiger partial charge on any atom is -0.493 e. The summed E-state index contributed by atoms with van der Waals surface area (Å²) in [5.41, 5.74) is 6.93. The van der Waals surface area contributed by atoms with Crippen LogP contribution in [0.25, 0.3) is 0 Å². The van der Waals surface area contributed by atoms with Crippen LogP contribution in [0.15, 0.2) is 29.6 Å². The number of methoxy groups -OCH3 is 2. The lowest BCUT2D eigenvalue weighted by atomic mass is 9.97. The topological polar surface area (TPSA) is 44.5 Å². The van der Waals surface area contributed by atoms with Crippen LogP contribution in [0.5, 0.6) is 11.5 Å². The maximum absolute atomic E-state index is 6.15. The summed E-state index contributed by atoms with van der Waals surface area (Å²) in [5, 5.41) is 2.70. The molecule has 1 unspecified atom stereocenters. The molecular formula is C15H18ClNO2S. The van der Waals surface area contributed by atoms with Gasteiger partial charge in [0.25, 0.3) is 0 Å². The Morgan fingerprint density at radius 3 is 2.65 bits per heavy atom. The smallest absolute Gasteiger partial charge is 0.164 e. The molecule has 0 spiro atoms. The van der Waals surface area contributed by atoms with E-state index in [2.05, 4.69) is 11.4 Å². The summed E-state index contributed by atoms with van der Waals surface area (Å²) < 4.78 is 10.8. The second kappa shape index (κ2) is 6.97. The highest BCUT2D eigenvalue weighted by Crippen LogP contribution is 2.37. The fourth-order valence-corrected chi connectivity index (χ4v) is 3.32. The summed E-state index contributed by atoms with van der Waals surface area (Å²) >= 11 is 7.86. The quantitative estimate of drug-likeness (QED) is 0.884. The standard InChI is InChI=1S/C15H18ClNO2S/c1-18-13-8-12(16)7-10(15(13)19-2)6-11(9-17)14-4-3-5-20-14/h3-5,7-8,11H,6,9,17H2,1-2H3. The molecule has 2 aromatic rings. The number of halogens is 1. The van der Waals surface area contributed by atoms with Gasteiger partial charge in [-0.05, 0) is 23.9 Å². The summed E-state index contributed by atoms with van der Waals surface area (Å²) in [6.07, 6.45) is 0.775. The number of nitrogens with two attached hydrogens (primary N) is 1. The van der Waals surface area contributed by atoms with Gasteiger partial charge in [-0.2, -0.15) is 0 Å². The Bertz CT molecular complexity index is 557. The Kier molecular flexibility index (Phi) is 5.29. The monoisotopic (exact) mass is 311 g/mol. The molecule has 1 aromatic carbocycles. The summed E-state index contributed by atoms with van der Waals surface area (Å²) in [4.78, 5) is 1.27. The van der Waals surface area contributed by atoms with E-state index in [-0.39, 0.29) is 5.92 Å². The van der Waals surface area contributed by atoms with Crippen LogP contribution >= 0.6 is 22.9 Å². The zero-order valence-corrected chi connectivity index (χ0v) is 13.1. The molecule has 5 heteroatoms. The Labute approximate surface area is 128 Å². The molecule has 3 nitrogen and oxygen atoms in total. The third-order valence-corrected chi connectivity index (χ3v) is 4.47. The molecule has 0 bridgehead atoms. The highest BCUT2D eigenvalue weighted by molar-refractivity contribution is 7.10. The predicted octanol–water partition coefficient (Wildman–Crippen LogP) is 3.70. The molecule has 0 fully saturated rings. The van der Waals surface area contributed by atoms with Crippen LogP contribution in [0.2, 0.25) is 5.02 Å². The first-order valence-electron chi connectivity index (χ1n) is 6.33. The molecule has 20 heavy (non-hydrogen) atoms. The van der Waals surface area contributed by atoms with Gasteiger partial charge in [0.15, 0.2) is 11.5 Å². The molecule has 0 saturated carbocycles. The van der Waals surface area contributed by atoms with Crippen LogP contribution in [-0.2, 0) is 6.42 Å². The zero-order chi connectivity index (χ0) is 14.5. The van der Waals surface area contributed by atoms with Crippen molar-refractivity contribution in [1.82, 2.24) is 0 Å². The Morgan fingerprint density at radius 1 is 1.30 bits per heavy atom. The molecule has 1 heterocycles. The number of thiophene rings is 1. The lowest BCUT2D eigenvalue weighted by molar-refractivity contribution is 0.351. The van der Waals surface area contributed by atoms with Gasteiger partial charge in [0.1, 0.15) is 0 Å². The van der Waals surface area contributed by atoms with Crippen molar-refractivity contribution in [3.63, 3.8) is 0 Å². The Balaban J connectivity index is 2.34. The van der Waals surface area contributed by atoms with Crippen LogP contribution in [0.1, 0.15) is 16.4 Å². The molecule has 0 aliphatic rings. The number of benzene rings is 1. The molecule has 0 saturated heterocycles. The molecule has 2 rings (SSSR count). The van der Waals surface area contributed by atoms with Crippen molar-refractivity contribution in [2.75, 3.05) is 20.8 Å². The molecule has 0 aliphatic heterocycles. The average Bonchev–Trinajstić information content (AvgIpc) is 2.97. The third-order valence-electron chi connectivity index (χ3n) is 3.22. The lowest BCUT2D eigenvalue weighted by Crippen LogP contribution is -2.14. The van der Waals surface area contributed by atoms with Gasteiger partial charge in [0.05, 0.1) is 14.2 Å². The highest BCUT2D eigenvalue weighted by Gasteiger charge is 2.18. The maximum Gasteiger partial charge on any atom is 0.164 e. The molecular weight excluding hydrogens is 294 g/mol. The van der Waals surface area contributed by atoms with Crippen molar-refractivity contribution >= 4 is 22.9 Å². The van der Waals surface area contributed by atoms with E-state index in [1.165, 1.54) is 4.88 Å². The number of rotatable bonds is 6. The normalized spacial score (nSPS) is 12.2. The third kappa shape index (κ3) is 3.26. The maximum atomic E-state index is 6.15. The van der Waals surface area contributed by atoms with Crippen molar-refractivity contribution < 1.29 is 9.47 Å². The van der Waals surface area contributed by atoms with Crippen molar-refractivity contribution in [3.05, 3.63) is 45.1 Å². The van der Waals surface area contributed by atoms with E-state index in [0.717, 1.165) is 17.7 Å². The number of ether oxygens (including phenoxy) is 2. The van der Waals surface area contributed by atoms with Crippen molar-refractivity contribution in [1.29, 1.82) is 0 Å². The zero-order valence-electron chi connectivity index (χ0n) is 11.6. The van der Waals surface area contributed by atoms with Crippen LogP contribution in [0, 0.1) is 0 Å². The van der Waals surface area contributed by atoms with Gasteiger partial charge >= 0.3 is 0 Å². The number of hydrogen-bond acceptors (Lipinski definition) is 4. The van der Waals surface area contributed by atoms with Crippen LogP contribution in [0.3, 0.4) is 0 Å². The lowest BCUT2D eigenvalue weighted by Gasteiger charge is -2.17. The van der Waals surface area contributed by atoms with E-state index in [9.17, 15) is 0 Å². The van der Waals surface area contributed by atoms with Gasteiger partial charge in [-0.15, -0.1) is 11.3 Å². The highest BCUT2D eigenvalue weighted by atomic mass is 35.5. The molecule has 0 amide bonds. The van der Waals surface area contributed by atoms with Crippen molar-refractivity contribution in [2.45, 2.75) is 12.3 Å². The first-order chi connectivity index (χ1) is 9.69. The molecule has 2 N–H and O–H groups in total. The van der Waals surface area contributed by atoms with Gasteiger partial charge < -0.3 is 15.2 Å². The molecule has 1 aromatic heterocycles. The van der Waals surface area contributed by atoms with Crippen molar-refractivity contribution in [2.24, 2.45) is 5.73 Å². The largest absolute Gasteiger partial charge is 0.493 e. The van der Waals surface area contributed by atoms with E-state index in [1.54, 1.807) is 31.6 Å². The van der Waals surface area contributed by atoms with E-state index in [0.29, 0.717) is 17.3 Å². The Morgan fingerprint density at radius 2 is 2.10 bits per heavy atom. The summed E-state index contributed by atoms with van der Waals surface area (Å²) in [5.74, 6) is 1.64. The van der Waals surface area contributed by atoms with E-state index >= 15 is 0 Å². The van der Waals surface area contributed by atoms with Gasteiger partial charge in [0.2, 0.25) is 0 Å². The summed E-state index contributed by atoms with van der Waals surface area (Å²) in [6, 6.07) is 7.82. The van der Waals surface area contributed by atoms with Gasteiger partial charge in [-0.1, -0.05) is 17.7 Å². The minimum atomic E-state index is 0.257. The molecule has 108 valence electrons. The van der Waals surface area contributed by atoms with Crippen LogP contribution in [0.4, 0.5) is 0 Å². The fourth-order valence-electron chi connectivity index (χ4n) is 2.25. The van der Waals surface area contributed by atoms with Crippen LogP contribution < -0.4 is 15.2 Å². The van der Waals surface area contributed by atoms with Gasteiger partial charge in [-0.25, -0.2) is 0 Å². The van der Waals surface area contributed by atoms with Crippen molar-refractivity contribution in [3.8, 4) is 11.5 Å². The van der Waals surface area contributed by atoms with E-state index < -0.39 is 0 Å². The second-order valence-corrected chi connectivity index (χ2v) is 5.87. The minimum absolute atomic E-state index is 0.257. The first-order valence-corrected chi connectivity index (χ1v) is 7.59. The number of hydrogen-bond donors (Lipinski definition) is 1. The fraction of sp³-hybridized carbons (Fsp3) is 0.333. The van der Waals surface area contributed by atoms with Crippen LogP contribution in [-0.4, -0.2) is 20.8 Å². The van der Waals surface area contributed by atoms with Gasteiger partial charge in [0, 0.05) is 34.0 Å².